The van der Waals surface area contributed by atoms with Gasteiger partial charge in [-0.25, -0.2) is 14.8 Å². The van der Waals surface area contributed by atoms with Crippen molar-refractivity contribution in [2.45, 2.75) is 58.8 Å². The average Bonchev–Trinajstić information content (AvgIpc) is 2.47. The lowest BCUT2D eigenvalue weighted by Crippen LogP contribution is -2.19. The van der Waals surface area contributed by atoms with Gasteiger partial charge in [0.25, 0.3) is 0 Å². The zero-order valence-corrected chi connectivity index (χ0v) is 13.2. The third kappa shape index (κ3) is 3.52. The Balaban J connectivity index is 2.25. The minimum absolute atomic E-state index is 0.245. The Labute approximate surface area is 126 Å². The highest BCUT2D eigenvalue weighted by molar-refractivity contribution is 5.95. The second-order valence-electron chi connectivity index (χ2n) is 5.79. The Bertz CT molecular complexity index is 493. The highest BCUT2D eigenvalue weighted by atomic mass is 16.5. The number of aryl methyl sites for hydroxylation is 1. The highest BCUT2D eigenvalue weighted by Gasteiger charge is 2.26. The van der Waals surface area contributed by atoms with Crippen molar-refractivity contribution < 1.29 is 9.53 Å². The van der Waals surface area contributed by atoms with E-state index in [0.717, 1.165) is 24.6 Å². The molecule has 2 rings (SSSR count). The van der Waals surface area contributed by atoms with Gasteiger partial charge in [-0.1, -0.05) is 26.2 Å². The maximum atomic E-state index is 11.9. The van der Waals surface area contributed by atoms with Gasteiger partial charge in [0.05, 0.1) is 12.3 Å². The fourth-order valence-corrected chi connectivity index (χ4v) is 3.15. The number of rotatable bonds is 4. The predicted molar refractivity (Wildman–Crippen MR) is 82.1 cm³/mol. The molecule has 0 aliphatic heterocycles. The fraction of sp³-hybridized carbons (Fsp3) is 0.688. The van der Waals surface area contributed by atoms with Crippen molar-refractivity contribution >= 4 is 11.8 Å². The van der Waals surface area contributed by atoms with Crippen LogP contribution >= 0.6 is 0 Å². The molecule has 0 spiro atoms. The third-order valence-corrected chi connectivity index (χ3v) is 4.34. The van der Waals surface area contributed by atoms with E-state index in [1.165, 1.54) is 19.3 Å². The molecule has 0 aromatic carbocycles. The van der Waals surface area contributed by atoms with Crippen molar-refractivity contribution in [3.05, 3.63) is 17.1 Å². The number of carbonyl (C=O) groups excluding carboxylic acids is 1. The summed E-state index contributed by atoms with van der Waals surface area (Å²) in [4.78, 5) is 20.8. The van der Waals surface area contributed by atoms with Gasteiger partial charge in [0, 0.05) is 5.92 Å². The van der Waals surface area contributed by atoms with Gasteiger partial charge in [-0.15, -0.1) is 0 Å². The molecule has 1 aliphatic rings. The number of nitrogens with zero attached hydrogens (tertiary/aromatic N) is 2. The Morgan fingerprint density at radius 1 is 1.33 bits per heavy atom. The zero-order valence-electron chi connectivity index (χ0n) is 13.2. The Morgan fingerprint density at radius 3 is 2.71 bits per heavy atom. The van der Waals surface area contributed by atoms with Crippen molar-refractivity contribution in [2.24, 2.45) is 5.92 Å². The number of aromatic nitrogens is 2. The molecule has 0 bridgehead atoms. The van der Waals surface area contributed by atoms with E-state index in [-0.39, 0.29) is 5.82 Å². The van der Waals surface area contributed by atoms with Gasteiger partial charge in [0.15, 0.2) is 0 Å². The van der Waals surface area contributed by atoms with Gasteiger partial charge < -0.3 is 10.5 Å². The molecule has 1 aromatic heterocycles. The summed E-state index contributed by atoms with van der Waals surface area (Å²) in [5.74, 6) is 1.71. The van der Waals surface area contributed by atoms with Gasteiger partial charge in [0.2, 0.25) is 0 Å². The zero-order chi connectivity index (χ0) is 15.4. The molecule has 1 aromatic rings. The summed E-state index contributed by atoms with van der Waals surface area (Å²) < 4.78 is 5.01. The molecule has 0 amide bonds. The molecule has 21 heavy (non-hydrogen) atoms. The maximum Gasteiger partial charge on any atom is 0.343 e. The average molecular weight is 291 g/mol. The molecule has 1 saturated carbocycles. The van der Waals surface area contributed by atoms with Crippen LogP contribution in [-0.4, -0.2) is 22.5 Å². The number of nitrogen functional groups attached to an aromatic ring is 1. The first-order valence-corrected chi connectivity index (χ1v) is 7.87. The van der Waals surface area contributed by atoms with E-state index < -0.39 is 5.97 Å². The second-order valence-corrected chi connectivity index (χ2v) is 5.79. The van der Waals surface area contributed by atoms with E-state index in [9.17, 15) is 4.79 Å². The third-order valence-electron chi connectivity index (χ3n) is 4.34. The van der Waals surface area contributed by atoms with Crippen molar-refractivity contribution in [3.63, 3.8) is 0 Å². The minimum atomic E-state index is -0.436. The van der Waals surface area contributed by atoms with Crippen molar-refractivity contribution in [1.82, 2.24) is 9.97 Å². The summed E-state index contributed by atoms with van der Waals surface area (Å²) in [6.07, 6.45) is 5.93. The van der Waals surface area contributed by atoms with Gasteiger partial charge in [-0.3, -0.25) is 0 Å². The number of esters is 1. The van der Waals surface area contributed by atoms with E-state index in [1.807, 2.05) is 0 Å². The van der Waals surface area contributed by atoms with Crippen LogP contribution in [0.4, 0.5) is 5.82 Å². The van der Waals surface area contributed by atoms with Crippen molar-refractivity contribution in [3.8, 4) is 0 Å². The van der Waals surface area contributed by atoms with Crippen LogP contribution in [0.15, 0.2) is 0 Å². The molecule has 0 radical (unpaired) electrons. The first kappa shape index (κ1) is 15.7. The first-order valence-electron chi connectivity index (χ1n) is 7.87. The summed E-state index contributed by atoms with van der Waals surface area (Å²) in [5.41, 5.74) is 6.90. The predicted octanol–water partition coefficient (Wildman–Crippen LogP) is 3.23. The van der Waals surface area contributed by atoms with E-state index in [2.05, 4.69) is 16.9 Å². The Hall–Kier alpha value is -1.65. The Kier molecular flexibility index (Phi) is 5.15. The molecule has 5 heteroatoms. The number of hydrogen-bond donors (Lipinski definition) is 1. The largest absolute Gasteiger partial charge is 0.462 e. The minimum Gasteiger partial charge on any atom is -0.462 e. The van der Waals surface area contributed by atoms with E-state index in [0.29, 0.717) is 23.8 Å². The summed E-state index contributed by atoms with van der Waals surface area (Å²) in [7, 11) is 0. The van der Waals surface area contributed by atoms with Crippen LogP contribution in [0, 0.1) is 12.8 Å². The number of carbonyl (C=O) groups is 1. The maximum absolute atomic E-state index is 11.9. The van der Waals surface area contributed by atoms with E-state index >= 15 is 0 Å². The normalized spacial score (nSPS) is 22.0. The number of ether oxygens (including phenoxy) is 1. The molecular formula is C16H25N3O2. The summed E-state index contributed by atoms with van der Waals surface area (Å²) in [6.45, 7) is 6.12. The van der Waals surface area contributed by atoms with Crippen LogP contribution in [0.2, 0.25) is 0 Å². The standard InChI is InChI=1S/C16H25N3O2/c1-4-11-7-6-8-12(9-11)15-18-10(3)13(14(17)19-15)16(20)21-5-2/h11-12H,4-9H2,1-3H3,(H2,17,18,19). The summed E-state index contributed by atoms with van der Waals surface area (Å²) in [6, 6.07) is 0. The monoisotopic (exact) mass is 291 g/mol. The lowest BCUT2D eigenvalue weighted by Gasteiger charge is -2.27. The molecule has 2 atom stereocenters. The van der Waals surface area contributed by atoms with Gasteiger partial charge in [-0.2, -0.15) is 0 Å². The molecule has 2 N–H and O–H groups in total. The molecule has 1 fully saturated rings. The highest BCUT2D eigenvalue weighted by Crippen LogP contribution is 2.36. The van der Waals surface area contributed by atoms with E-state index in [1.54, 1.807) is 13.8 Å². The Morgan fingerprint density at radius 2 is 2.10 bits per heavy atom. The number of nitrogens with two attached hydrogens (primary N) is 1. The smallest absolute Gasteiger partial charge is 0.343 e. The summed E-state index contributed by atoms with van der Waals surface area (Å²) >= 11 is 0. The molecule has 1 heterocycles. The quantitative estimate of drug-likeness (QED) is 0.862. The summed E-state index contributed by atoms with van der Waals surface area (Å²) in [5, 5.41) is 0. The lowest BCUT2D eigenvalue weighted by molar-refractivity contribution is 0.0525. The van der Waals surface area contributed by atoms with Gasteiger partial charge in [0.1, 0.15) is 17.2 Å². The van der Waals surface area contributed by atoms with Gasteiger partial charge in [-0.05, 0) is 32.6 Å². The molecular weight excluding hydrogens is 266 g/mol. The first-order chi connectivity index (χ1) is 10.1. The van der Waals surface area contributed by atoms with E-state index in [4.69, 9.17) is 10.5 Å². The topological polar surface area (TPSA) is 78.1 Å². The molecule has 1 aliphatic carbocycles. The molecule has 0 saturated heterocycles. The lowest BCUT2D eigenvalue weighted by atomic mass is 9.80. The van der Waals surface area contributed by atoms with Crippen molar-refractivity contribution in [1.29, 1.82) is 0 Å². The van der Waals surface area contributed by atoms with Crippen molar-refractivity contribution in [2.75, 3.05) is 12.3 Å². The second kappa shape index (κ2) is 6.87. The van der Waals surface area contributed by atoms with Crippen LogP contribution in [-0.2, 0) is 4.74 Å². The number of anilines is 1. The molecule has 5 nitrogen and oxygen atoms in total. The van der Waals surface area contributed by atoms with Crippen LogP contribution in [0.25, 0.3) is 0 Å². The van der Waals surface area contributed by atoms with Gasteiger partial charge >= 0.3 is 5.97 Å². The van der Waals surface area contributed by atoms with Crippen LogP contribution in [0.3, 0.4) is 0 Å². The SMILES string of the molecule is CCOC(=O)c1c(C)nc(C2CCCC(CC)C2)nc1N. The molecule has 116 valence electrons. The van der Waals surface area contributed by atoms with Crippen LogP contribution < -0.4 is 5.73 Å². The fourth-order valence-electron chi connectivity index (χ4n) is 3.15. The number of hydrogen-bond acceptors (Lipinski definition) is 5. The van der Waals surface area contributed by atoms with Crippen LogP contribution in [0.5, 0.6) is 0 Å². The molecule has 2 unspecified atom stereocenters. The van der Waals surface area contributed by atoms with Crippen LogP contribution in [0.1, 0.15) is 73.7 Å².